The average Bonchev–Trinajstić information content (AvgIpc) is 2.60. The summed E-state index contributed by atoms with van der Waals surface area (Å²) in [5, 5.41) is 2.80. The van der Waals surface area contributed by atoms with E-state index in [0.29, 0.717) is 22.6 Å². The van der Waals surface area contributed by atoms with Crippen LogP contribution < -0.4 is 10.0 Å². The van der Waals surface area contributed by atoms with Gasteiger partial charge in [0.15, 0.2) is 0 Å². The van der Waals surface area contributed by atoms with Gasteiger partial charge in [0.1, 0.15) is 0 Å². The molecule has 2 aromatic carbocycles. The molecular weight excluding hydrogens is 360 g/mol. The molecule has 0 spiro atoms. The lowest BCUT2D eigenvalue weighted by molar-refractivity contribution is 0.0951. The molecule has 1 unspecified atom stereocenters. The molecule has 0 aromatic heterocycles. The Morgan fingerprint density at radius 2 is 1.56 bits per heavy atom. The highest BCUT2D eigenvalue weighted by atomic mass is 32.2. The first kappa shape index (κ1) is 19.3. The molecule has 0 heterocycles. The van der Waals surface area contributed by atoms with E-state index in [1.54, 1.807) is 54.8 Å². The van der Waals surface area contributed by atoms with Gasteiger partial charge in [-0.3, -0.25) is 9.00 Å². The predicted octanol–water partition coefficient (Wildman–Crippen LogP) is 1.40. The van der Waals surface area contributed by atoms with E-state index in [4.69, 9.17) is 0 Å². The highest BCUT2D eigenvalue weighted by molar-refractivity contribution is 7.88. The van der Waals surface area contributed by atoms with Gasteiger partial charge in [-0.1, -0.05) is 24.3 Å². The molecule has 1 atom stereocenters. The maximum atomic E-state index is 12.1. The Morgan fingerprint density at radius 3 is 2.08 bits per heavy atom. The van der Waals surface area contributed by atoms with Crippen LogP contribution in [-0.2, 0) is 33.1 Å². The van der Waals surface area contributed by atoms with Crippen LogP contribution in [0, 0.1) is 0 Å². The molecule has 2 aromatic rings. The van der Waals surface area contributed by atoms with E-state index in [1.807, 2.05) is 0 Å². The molecule has 134 valence electrons. The number of amides is 1. The third kappa shape index (κ3) is 5.77. The topological polar surface area (TPSA) is 92.3 Å². The summed E-state index contributed by atoms with van der Waals surface area (Å²) >= 11 is 0. The Hall–Kier alpha value is -2.03. The zero-order valence-corrected chi connectivity index (χ0v) is 15.6. The fraction of sp³-hybridized carbons (Fsp3) is 0.235. The molecule has 1 amide bonds. The molecule has 0 aliphatic carbocycles. The Labute approximate surface area is 150 Å². The van der Waals surface area contributed by atoms with Crippen molar-refractivity contribution < 1.29 is 17.4 Å². The van der Waals surface area contributed by atoms with Gasteiger partial charge in [0.05, 0.1) is 5.75 Å². The SMILES string of the molecule is CNS(=O)(=O)Cc1ccc(CNC(=O)c2ccc(S(C)=O)cc2)cc1. The van der Waals surface area contributed by atoms with Crippen molar-refractivity contribution in [2.75, 3.05) is 13.3 Å². The number of rotatable bonds is 7. The highest BCUT2D eigenvalue weighted by Gasteiger charge is 2.09. The first-order valence-electron chi connectivity index (χ1n) is 7.51. The smallest absolute Gasteiger partial charge is 0.251 e. The lowest BCUT2D eigenvalue weighted by Crippen LogP contribution is -2.23. The van der Waals surface area contributed by atoms with Gasteiger partial charge < -0.3 is 5.32 Å². The second-order valence-electron chi connectivity index (χ2n) is 5.44. The van der Waals surface area contributed by atoms with Gasteiger partial charge in [0.25, 0.3) is 5.91 Å². The lowest BCUT2D eigenvalue weighted by Gasteiger charge is -2.07. The van der Waals surface area contributed by atoms with Gasteiger partial charge in [0.2, 0.25) is 10.0 Å². The Morgan fingerprint density at radius 1 is 1.00 bits per heavy atom. The number of sulfonamides is 1. The van der Waals surface area contributed by atoms with E-state index < -0.39 is 20.8 Å². The predicted molar refractivity (Wildman–Crippen MR) is 98.1 cm³/mol. The molecular formula is C17H20N2O4S2. The first-order valence-corrected chi connectivity index (χ1v) is 10.7. The number of benzene rings is 2. The first-order chi connectivity index (χ1) is 11.8. The van der Waals surface area contributed by atoms with E-state index in [1.165, 1.54) is 7.05 Å². The van der Waals surface area contributed by atoms with E-state index in [-0.39, 0.29) is 11.7 Å². The van der Waals surface area contributed by atoms with E-state index in [2.05, 4.69) is 10.0 Å². The molecule has 0 aliphatic rings. The average molecular weight is 380 g/mol. The zero-order chi connectivity index (χ0) is 18.4. The van der Waals surface area contributed by atoms with Crippen LogP contribution in [0.3, 0.4) is 0 Å². The maximum Gasteiger partial charge on any atom is 0.251 e. The fourth-order valence-electron chi connectivity index (χ4n) is 2.13. The van der Waals surface area contributed by atoms with Crippen LogP contribution in [0.2, 0.25) is 0 Å². The number of hydrogen-bond acceptors (Lipinski definition) is 4. The van der Waals surface area contributed by atoms with Crippen LogP contribution in [0.5, 0.6) is 0 Å². The fourth-order valence-corrected chi connectivity index (χ4v) is 3.42. The summed E-state index contributed by atoms with van der Waals surface area (Å²) in [5.41, 5.74) is 2.03. The minimum absolute atomic E-state index is 0.0821. The molecule has 25 heavy (non-hydrogen) atoms. The van der Waals surface area contributed by atoms with Crippen molar-refractivity contribution in [3.63, 3.8) is 0 Å². The van der Waals surface area contributed by atoms with Gasteiger partial charge in [-0.05, 0) is 42.4 Å². The third-order valence-corrected chi connectivity index (χ3v) is 5.86. The molecule has 2 rings (SSSR count). The summed E-state index contributed by atoms with van der Waals surface area (Å²) in [6.45, 7) is 0.333. The van der Waals surface area contributed by atoms with Gasteiger partial charge in [-0.15, -0.1) is 0 Å². The molecule has 0 radical (unpaired) electrons. The van der Waals surface area contributed by atoms with Gasteiger partial charge in [-0.25, -0.2) is 13.1 Å². The summed E-state index contributed by atoms with van der Waals surface area (Å²) in [7, 11) is -2.99. The van der Waals surface area contributed by atoms with Crippen molar-refractivity contribution in [1.82, 2.24) is 10.0 Å². The summed E-state index contributed by atoms with van der Waals surface area (Å²) in [5.74, 6) is -0.309. The normalized spacial score (nSPS) is 12.6. The van der Waals surface area contributed by atoms with Crippen LogP contribution in [-0.4, -0.2) is 31.8 Å². The van der Waals surface area contributed by atoms with Crippen LogP contribution >= 0.6 is 0 Å². The third-order valence-electron chi connectivity index (χ3n) is 3.59. The number of carbonyl (C=O) groups is 1. The number of carbonyl (C=O) groups excluding carboxylic acids is 1. The molecule has 0 saturated heterocycles. The van der Waals surface area contributed by atoms with Gasteiger partial charge in [0, 0.05) is 34.1 Å². The van der Waals surface area contributed by atoms with E-state index in [9.17, 15) is 17.4 Å². The van der Waals surface area contributed by atoms with E-state index in [0.717, 1.165) is 5.56 Å². The van der Waals surface area contributed by atoms with E-state index >= 15 is 0 Å². The molecule has 2 N–H and O–H groups in total. The van der Waals surface area contributed by atoms with Gasteiger partial charge in [-0.2, -0.15) is 0 Å². The minimum atomic E-state index is -3.30. The van der Waals surface area contributed by atoms with Crippen molar-refractivity contribution >= 4 is 26.7 Å². The largest absolute Gasteiger partial charge is 0.348 e. The lowest BCUT2D eigenvalue weighted by atomic mass is 10.1. The van der Waals surface area contributed by atoms with Crippen molar-refractivity contribution in [2.24, 2.45) is 0 Å². The molecule has 0 fully saturated rings. The highest BCUT2D eigenvalue weighted by Crippen LogP contribution is 2.10. The Balaban J connectivity index is 1.94. The van der Waals surface area contributed by atoms with Crippen LogP contribution in [0.25, 0.3) is 0 Å². The van der Waals surface area contributed by atoms with Crippen molar-refractivity contribution in [3.05, 3.63) is 65.2 Å². The summed E-state index contributed by atoms with van der Waals surface area (Å²) < 4.78 is 36.6. The minimum Gasteiger partial charge on any atom is -0.348 e. The standard InChI is InChI=1S/C17H20N2O4S2/c1-18-25(22,23)12-14-5-3-13(4-6-14)11-19-17(20)15-7-9-16(10-8-15)24(2)21/h3-10,18H,11-12H2,1-2H3,(H,19,20). The molecule has 6 nitrogen and oxygen atoms in total. The van der Waals surface area contributed by atoms with Crippen molar-refractivity contribution in [1.29, 1.82) is 0 Å². The monoisotopic (exact) mass is 380 g/mol. The summed E-state index contributed by atoms with van der Waals surface area (Å²) in [6.07, 6.45) is 1.58. The Kier molecular flexibility index (Phi) is 6.46. The second kappa shape index (κ2) is 8.37. The quantitative estimate of drug-likeness (QED) is 0.759. The molecule has 0 aliphatic heterocycles. The zero-order valence-electron chi connectivity index (χ0n) is 14.0. The second-order valence-corrected chi connectivity index (χ2v) is 8.75. The molecule has 0 bridgehead atoms. The van der Waals surface area contributed by atoms with Gasteiger partial charge >= 0.3 is 0 Å². The van der Waals surface area contributed by atoms with Crippen LogP contribution in [0.15, 0.2) is 53.4 Å². The van der Waals surface area contributed by atoms with Crippen LogP contribution in [0.4, 0.5) is 0 Å². The summed E-state index contributed by atoms with van der Waals surface area (Å²) in [6, 6.07) is 13.6. The van der Waals surface area contributed by atoms with Crippen molar-refractivity contribution in [2.45, 2.75) is 17.2 Å². The molecule has 8 heteroatoms. The maximum absolute atomic E-state index is 12.1. The number of hydrogen-bond donors (Lipinski definition) is 2. The van der Waals surface area contributed by atoms with Crippen molar-refractivity contribution in [3.8, 4) is 0 Å². The number of nitrogens with one attached hydrogen (secondary N) is 2. The van der Waals surface area contributed by atoms with Crippen LogP contribution in [0.1, 0.15) is 21.5 Å². The molecule has 0 saturated carbocycles. The Bertz CT molecular complexity index is 861. The summed E-state index contributed by atoms with van der Waals surface area (Å²) in [4.78, 5) is 12.8.